The van der Waals surface area contributed by atoms with Gasteiger partial charge in [-0.25, -0.2) is 0 Å². The monoisotopic (exact) mass is 232 g/mol. The summed E-state index contributed by atoms with van der Waals surface area (Å²) in [4.78, 5) is 0. The second-order valence-corrected chi connectivity index (χ2v) is 0. The minimum Gasteiger partial charge on any atom is 0 e. The van der Waals surface area contributed by atoms with Gasteiger partial charge >= 0.3 is 0 Å². The molecule has 22 valence electrons. The normalized spacial score (nSPS) is 0. The Morgan fingerprint density at radius 2 is 1.00 bits per heavy atom. The van der Waals surface area contributed by atoms with Gasteiger partial charge in [0.2, 0.25) is 0 Å². The zero-order chi connectivity index (χ0) is 0. The Kier molecular flexibility index (Phi) is 186. The molecule has 0 rings (SSSR count). The summed E-state index contributed by atoms with van der Waals surface area (Å²) in [7, 11) is 0. The van der Waals surface area contributed by atoms with Crippen LogP contribution in [-0.2, 0) is 56.7 Å². The van der Waals surface area contributed by atoms with Crippen LogP contribution in [0.2, 0.25) is 0 Å². The number of hydrogen-bond acceptors (Lipinski definition) is 0. The molecule has 0 heterocycles. The first-order valence-electron chi connectivity index (χ1n) is 0. The molecule has 0 aromatic rings. The van der Waals surface area contributed by atoms with Crippen molar-refractivity contribution in [3.63, 3.8) is 0 Å². The van der Waals surface area contributed by atoms with E-state index in [0.717, 1.165) is 0 Å². The fourth-order valence-corrected chi connectivity index (χ4v) is 0. The molecule has 0 aliphatic heterocycles. The summed E-state index contributed by atoms with van der Waals surface area (Å²) in [5.41, 5.74) is 0. The zero-order valence-corrected chi connectivity index (χ0v) is 7.32. The molecule has 0 aliphatic carbocycles. The van der Waals surface area contributed by atoms with Crippen molar-refractivity contribution in [2.45, 2.75) is 0 Å². The van der Waals surface area contributed by atoms with Crippen molar-refractivity contribution in [3.05, 3.63) is 0 Å². The van der Waals surface area contributed by atoms with E-state index in [1.165, 1.54) is 0 Å². The van der Waals surface area contributed by atoms with Gasteiger partial charge in [0.1, 0.15) is 0 Å². The van der Waals surface area contributed by atoms with Crippen molar-refractivity contribution >= 4 is 11.0 Å². The van der Waals surface area contributed by atoms with E-state index >= 15 is 0 Å². The van der Waals surface area contributed by atoms with E-state index in [4.69, 9.17) is 0 Å². The van der Waals surface area contributed by atoms with Gasteiger partial charge in [-0.1, -0.05) is 0 Å². The maximum absolute atomic E-state index is 0. The smallest absolute Gasteiger partial charge is 0 e. The summed E-state index contributed by atoms with van der Waals surface area (Å²) < 4.78 is 0. The van der Waals surface area contributed by atoms with Gasteiger partial charge in [-0.3, -0.25) is 0 Å². The number of rotatable bonds is 0. The molecular formula is MnMoSiV. The Hall–Kier alpha value is 2.01. The Bertz CT molecular complexity index is 8.00. The third kappa shape index (κ3) is 8.99. The summed E-state index contributed by atoms with van der Waals surface area (Å²) in [5.74, 6) is 0. The molecule has 0 aromatic heterocycles. The number of hydrogen-bond donors (Lipinski definition) is 0. The molecule has 0 aromatic carbocycles. The van der Waals surface area contributed by atoms with E-state index < -0.39 is 0 Å². The molecule has 0 unspecified atom stereocenters. The van der Waals surface area contributed by atoms with Crippen molar-refractivity contribution in [2.75, 3.05) is 0 Å². The molecule has 0 fully saturated rings. The minimum atomic E-state index is 0. The average Bonchev–Trinajstić information content (AvgIpc) is 0. The third-order valence-corrected chi connectivity index (χ3v) is 0. The van der Waals surface area contributed by atoms with Crippen molar-refractivity contribution in [3.8, 4) is 0 Å². The van der Waals surface area contributed by atoms with E-state index in [0.29, 0.717) is 0 Å². The topological polar surface area (TPSA) is 0 Å². The summed E-state index contributed by atoms with van der Waals surface area (Å²) in [5, 5.41) is 0. The van der Waals surface area contributed by atoms with Crippen molar-refractivity contribution in [1.29, 1.82) is 0 Å². The van der Waals surface area contributed by atoms with E-state index in [1.807, 2.05) is 0 Å². The first-order chi connectivity index (χ1) is 0. The Morgan fingerprint density at radius 1 is 1.00 bits per heavy atom. The third-order valence-electron chi connectivity index (χ3n) is 0. The first kappa shape index (κ1) is 37.4. The quantitative estimate of drug-likeness (QED) is 0.497. The van der Waals surface area contributed by atoms with Crippen LogP contribution in [0, 0.1) is 0 Å². The molecule has 0 saturated carbocycles. The zero-order valence-electron chi connectivity index (χ0n) is 1.73. The summed E-state index contributed by atoms with van der Waals surface area (Å²) in [6, 6.07) is 0. The van der Waals surface area contributed by atoms with Gasteiger partial charge in [0.15, 0.2) is 0 Å². The van der Waals surface area contributed by atoms with Gasteiger partial charge in [0.25, 0.3) is 0 Å². The molecule has 4 heteroatoms. The molecule has 0 bridgehead atoms. The van der Waals surface area contributed by atoms with Crippen LogP contribution in [0.5, 0.6) is 0 Å². The van der Waals surface area contributed by atoms with Gasteiger partial charge < -0.3 is 0 Å². The maximum Gasteiger partial charge on any atom is 0 e. The van der Waals surface area contributed by atoms with Crippen LogP contribution < -0.4 is 0 Å². The van der Waals surface area contributed by atoms with Crippen molar-refractivity contribution in [2.24, 2.45) is 0 Å². The molecule has 0 aliphatic rings. The maximum atomic E-state index is 0. The molecule has 0 nitrogen and oxygen atoms in total. The van der Waals surface area contributed by atoms with Gasteiger partial charge in [-0.05, 0) is 0 Å². The SMILES string of the molecule is [Mn].[Mo].[Si].[V]. The van der Waals surface area contributed by atoms with E-state index in [1.54, 1.807) is 0 Å². The Labute approximate surface area is 67.1 Å². The molecule has 0 amide bonds. The Morgan fingerprint density at radius 3 is 1.00 bits per heavy atom. The minimum absolute atomic E-state index is 0. The molecule has 0 atom stereocenters. The molecule has 4 heavy (non-hydrogen) atoms. The van der Waals surface area contributed by atoms with Crippen LogP contribution in [0.3, 0.4) is 0 Å². The standard InChI is InChI=1S/Mn.Mo.Si.V. The molecule has 0 spiro atoms. The van der Waals surface area contributed by atoms with Gasteiger partial charge in [0.05, 0.1) is 0 Å². The predicted octanol–water partition coefficient (Wildman–Crippen LogP) is -0.388. The van der Waals surface area contributed by atoms with E-state index in [-0.39, 0.29) is 67.7 Å². The molecule has 6 radical (unpaired) electrons. The average molecular weight is 230 g/mol. The van der Waals surface area contributed by atoms with E-state index in [2.05, 4.69) is 0 Å². The van der Waals surface area contributed by atoms with Crippen LogP contribution >= 0.6 is 0 Å². The fourth-order valence-electron chi connectivity index (χ4n) is 0. The molecule has 0 N–H and O–H groups in total. The predicted molar refractivity (Wildman–Crippen MR) is 5.75 cm³/mol. The summed E-state index contributed by atoms with van der Waals surface area (Å²) in [6.07, 6.45) is 0. The summed E-state index contributed by atoms with van der Waals surface area (Å²) >= 11 is 0. The van der Waals surface area contributed by atoms with Crippen molar-refractivity contribution in [1.82, 2.24) is 0 Å². The fraction of sp³-hybridized carbons (Fsp3) is 0. The Balaban J connectivity index is 0. The second-order valence-electron chi connectivity index (χ2n) is 0. The molecule has 0 saturated heterocycles. The summed E-state index contributed by atoms with van der Waals surface area (Å²) in [6.45, 7) is 0. The van der Waals surface area contributed by atoms with Gasteiger partial charge in [-0.2, -0.15) is 0 Å². The largest absolute Gasteiger partial charge is 0 e. The van der Waals surface area contributed by atoms with Gasteiger partial charge in [0, 0.05) is 67.7 Å². The van der Waals surface area contributed by atoms with Crippen LogP contribution in [-0.4, -0.2) is 11.0 Å². The van der Waals surface area contributed by atoms with Crippen LogP contribution in [0.4, 0.5) is 0 Å². The van der Waals surface area contributed by atoms with Crippen LogP contribution in [0.15, 0.2) is 0 Å². The second kappa shape index (κ2) is 19.9. The molecular weight excluding hydrogens is 230 g/mol. The van der Waals surface area contributed by atoms with E-state index in [9.17, 15) is 0 Å². The van der Waals surface area contributed by atoms with Crippen molar-refractivity contribution < 1.29 is 56.7 Å². The van der Waals surface area contributed by atoms with Gasteiger partial charge in [-0.15, -0.1) is 0 Å². The van der Waals surface area contributed by atoms with Crippen LogP contribution in [0.25, 0.3) is 0 Å². The van der Waals surface area contributed by atoms with Crippen LogP contribution in [0.1, 0.15) is 0 Å². The first-order valence-corrected chi connectivity index (χ1v) is 0.